The number of benzene rings is 2. The van der Waals surface area contributed by atoms with Crippen LogP contribution in [0, 0.1) is 5.92 Å². The van der Waals surface area contributed by atoms with E-state index in [-0.39, 0.29) is 47.6 Å². The molecule has 0 saturated heterocycles. The summed E-state index contributed by atoms with van der Waals surface area (Å²) >= 11 is 0. The largest absolute Gasteiger partial charge is 0.506 e. The minimum absolute atomic E-state index is 0.00610. The van der Waals surface area contributed by atoms with E-state index in [1.165, 1.54) is 36.4 Å². The highest BCUT2D eigenvalue weighted by Crippen LogP contribution is 2.37. The lowest BCUT2D eigenvalue weighted by molar-refractivity contribution is -0.200. The number of aromatic hydroxyl groups is 1. The van der Waals surface area contributed by atoms with Crippen LogP contribution in [-0.2, 0) is 35.3 Å². The molecule has 14 nitrogen and oxygen atoms in total. The van der Waals surface area contributed by atoms with E-state index in [1.54, 1.807) is 0 Å². The van der Waals surface area contributed by atoms with Gasteiger partial charge in [-0.3, -0.25) is 19.2 Å². The highest BCUT2D eigenvalue weighted by atomic mass is 16.7. The van der Waals surface area contributed by atoms with Gasteiger partial charge < -0.3 is 34.4 Å². The van der Waals surface area contributed by atoms with Crippen LogP contribution in [0.25, 0.3) is 11.3 Å². The summed E-state index contributed by atoms with van der Waals surface area (Å²) in [6.07, 6.45) is 4.16. The molecule has 49 heavy (non-hydrogen) atoms. The number of phenolic OH excluding ortho intramolecular Hbond substituents is 1. The lowest BCUT2D eigenvalue weighted by Gasteiger charge is -2.32. The minimum Gasteiger partial charge on any atom is -0.506 e. The van der Waals surface area contributed by atoms with Crippen LogP contribution in [0.4, 0.5) is 0 Å². The van der Waals surface area contributed by atoms with E-state index < -0.39 is 42.2 Å². The molecule has 3 N–H and O–H groups in total. The van der Waals surface area contributed by atoms with Gasteiger partial charge in [0.2, 0.25) is 12.3 Å². The Bertz CT molecular complexity index is 1560. The van der Waals surface area contributed by atoms with Crippen LogP contribution >= 0.6 is 0 Å². The molecule has 3 aromatic rings. The normalized spacial score (nSPS) is 11.9. The van der Waals surface area contributed by atoms with Crippen molar-refractivity contribution in [3.63, 3.8) is 0 Å². The van der Waals surface area contributed by atoms with Crippen molar-refractivity contribution in [2.24, 2.45) is 5.92 Å². The number of nitrogens with one attached hydrogen (secondary N) is 2. The van der Waals surface area contributed by atoms with Gasteiger partial charge in [0.25, 0.3) is 5.91 Å². The number of hydrogen-bond donors (Lipinski definition) is 3. The van der Waals surface area contributed by atoms with Crippen molar-refractivity contribution >= 4 is 30.2 Å². The van der Waals surface area contributed by atoms with E-state index in [9.17, 15) is 29.1 Å². The van der Waals surface area contributed by atoms with Gasteiger partial charge in [-0.2, -0.15) is 0 Å². The maximum absolute atomic E-state index is 13.4. The molecule has 0 spiro atoms. The molecule has 0 aliphatic rings. The zero-order valence-corrected chi connectivity index (χ0v) is 28.1. The molecule has 3 amide bonds. The van der Waals surface area contributed by atoms with Crippen molar-refractivity contribution < 1.29 is 52.5 Å². The molecular weight excluding hydrogens is 638 g/mol. The molecule has 0 bridgehead atoms. The predicted molar refractivity (Wildman–Crippen MR) is 176 cm³/mol. The van der Waals surface area contributed by atoms with Gasteiger partial charge in [-0.1, -0.05) is 63.4 Å². The molecule has 2 atom stereocenters. The number of carbonyl (C=O) groups excluding carboxylic acids is 5. The molecule has 1 heterocycles. The number of furan rings is 1. The predicted octanol–water partition coefficient (Wildman–Crippen LogP) is 4.36. The highest BCUT2D eigenvalue weighted by Gasteiger charge is 2.32. The Labute approximate surface area is 284 Å². The molecule has 0 radical (unpaired) electrons. The molecule has 0 aliphatic carbocycles. The number of hydroxylamine groups is 2. The number of ether oxygens (including phenoxy) is 3. The van der Waals surface area contributed by atoms with Gasteiger partial charge in [0.05, 0.1) is 38.4 Å². The minimum atomic E-state index is -0.875. The molecule has 2 aromatic carbocycles. The van der Waals surface area contributed by atoms with Crippen LogP contribution in [0.5, 0.6) is 11.5 Å². The van der Waals surface area contributed by atoms with Crippen LogP contribution in [0.1, 0.15) is 72.4 Å². The van der Waals surface area contributed by atoms with Gasteiger partial charge in [0, 0.05) is 0 Å². The van der Waals surface area contributed by atoms with E-state index in [0.29, 0.717) is 19.3 Å². The second-order valence-corrected chi connectivity index (χ2v) is 10.9. The Hall–Kier alpha value is -5.37. The lowest BCUT2D eigenvalue weighted by atomic mass is 9.90. The standard InChI is InChI=1S/C35H43N3O11/c1-5-7-9-14-25(28(6-2)38(22-39)48-19-23-12-10-8-11-13-23)33(42)36-21-37-34(43)30-16-15-29(49-30)26-17-24(47-20-31(40)45-3)18-27(32(26)41)35(44)46-4/h8,10-13,15-18,22,25,28,41H,5-7,9,14,19-21H2,1-4H3,(H,36,42)(H,37,43)/t25?,28-/m1/s1. The molecule has 14 heteroatoms. The first-order valence-electron chi connectivity index (χ1n) is 15.9. The van der Waals surface area contributed by atoms with Crippen molar-refractivity contribution in [3.8, 4) is 22.8 Å². The summed E-state index contributed by atoms with van der Waals surface area (Å²) in [5.41, 5.74) is 0.603. The Morgan fingerprint density at radius 3 is 2.39 bits per heavy atom. The molecule has 264 valence electrons. The van der Waals surface area contributed by atoms with Crippen LogP contribution in [-0.4, -0.2) is 73.9 Å². The topological polar surface area (TPSA) is 183 Å². The summed E-state index contributed by atoms with van der Waals surface area (Å²) in [5, 5.41) is 17.3. The summed E-state index contributed by atoms with van der Waals surface area (Å²) in [7, 11) is 2.32. The van der Waals surface area contributed by atoms with E-state index in [1.807, 2.05) is 37.3 Å². The monoisotopic (exact) mass is 681 g/mol. The van der Waals surface area contributed by atoms with Gasteiger partial charge in [0.1, 0.15) is 29.4 Å². The Morgan fingerprint density at radius 2 is 1.73 bits per heavy atom. The molecular formula is C35H43N3O11. The Morgan fingerprint density at radius 1 is 0.980 bits per heavy atom. The summed E-state index contributed by atoms with van der Waals surface area (Å²) in [4.78, 5) is 68.1. The molecule has 1 aromatic heterocycles. The number of rotatable bonds is 20. The van der Waals surface area contributed by atoms with E-state index >= 15 is 0 Å². The van der Waals surface area contributed by atoms with Gasteiger partial charge in [-0.15, -0.1) is 0 Å². The van der Waals surface area contributed by atoms with E-state index in [2.05, 4.69) is 22.3 Å². The van der Waals surface area contributed by atoms with Crippen LogP contribution in [0.2, 0.25) is 0 Å². The number of nitrogens with zero attached hydrogens (tertiary/aromatic N) is 1. The van der Waals surface area contributed by atoms with E-state index in [0.717, 1.165) is 31.9 Å². The van der Waals surface area contributed by atoms with Crippen molar-refractivity contribution in [1.82, 2.24) is 15.7 Å². The van der Waals surface area contributed by atoms with Gasteiger partial charge in [-0.05, 0) is 42.7 Å². The summed E-state index contributed by atoms with van der Waals surface area (Å²) in [5.74, 6) is -3.81. The maximum Gasteiger partial charge on any atom is 0.343 e. The number of hydrogen-bond acceptors (Lipinski definition) is 11. The second-order valence-electron chi connectivity index (χ2n) is 10.9. The first kappa shape index (κ1) is 38.1. The number of phenols is 1. The smallest absolute Gasteiger partial charge is 0.343 e. The van der Waals surface area contributed by atoms with Crippen molar-refractivity contribution in [2.75, 3.05) is 27.5 Å². The lowest BCUT2D eigenvalue weighted by Crippen LogP contribution is -2.48. The molecule has 0 aliphatic heterocycles. The Balaban J connectivity index is 1.70. The molecule has 1 unspecified atom stereocenters. The third-order valence-electron chi connectivity index (χ3n) is 7.67. The highest BCUT2D eigenvalue weighted by molar-refractivity contribution is 5.96. The molecule has 0 fully saturated rings. The maximum atomic E-state index is 13.4. The van der Waals surface area contributed by atoms with Crippen molar-refractivity contribution in [2.45, 2.75) is 58.6 Å². The van der Waals surface area contributed by atoms with Crippen molar-refractivity contribution in [1.29, 1.82) is 0 Å². The van der Waals surface area contributed by atoms with Gasteiger partial charge in [-0.25, -0.2) is 14.7 Å². The zero-order chi connectivity index (χ0) is 35.8. The summed E-state index contributed by atoms with van der Waals surface area (Å²) in [6, 6.07) is 14.1. The second kappa shape index (κ2) is 19.5. The SMILES string of the molecule is CCCCCC(C(=O)NCNC(=O)c1ccc(-c2cc(OCC(=O)OC)cc(C(=O)OC)c2O)o1)[C@@H](CC)N(C=O)OCc1ccccc1. The fourth-order valence-electron chi connectivity index (χ4n) is 5.06. The van der Waals surface area contributed by atoms with Gasteiger partial charge >= 0.3 is 11.9 Å². The van der Waals surface area contributed by atoms with Crippen LogP contribution in [0.3, 0.4) is 0 Å². The molecule has 3 rings (SSSR count). The number of carbonyl (C=O) groups is 5. The van der Waals surface area contributed by atoms with E-state index in [4.69, 9.17) is 18.7 Å². The van der Waals surface area contributed by atoms with Crippen molar-refractivity contribution in [3.05, 3.63) is 71.5 Å². The Kier molecular flexibility index (Phi) is 15.1. The third-order valence-corrected chi connectivity index (χ3v) is 7.67. The molecule has 0 saturated carbocycles. The zero-order valence-electron chi connectivity index (χ0n) is 28.1. The first-order chi connectivity index (χ1) is 23.7. The fraction of sp³-hybridized carbons (Fsp3) is 0.400. The average molecular weight is 682 g/mol. The average Bonchev–Trinajstić information content (AvgIpc) is 3.62. The number of unbranched alkanes of at least 4 members (excludes halogenated alkanes) is 2. The van der Waals surface area contributed by atoms with Crippen LogP contribution < -0.4 is 15.4 Å². The quantitative estimate of drug-likeness (QED) is 0.0507. The number of esters is 2. The van der Waals surface area contributed by atoms with Gasteiger partial charge in [0.15, 0.2) is 12.4 Å². The number of methoxy groups -OCH3 is 2. The third kappa shape index (κ3) is 10.8. The summed E-state index contributed by atoms with van der Waals surface area (Å²) in [6.45, 7) is 3.38. The fourth-order valence-corrected chi connectivity index (χ4v) is 5.06. The van der Waals surface area contributed by atoms with Crippen LogP contribution in [0.15, 0.2) is 59.0 Å². The summed E-state index contributed by atoms with van der Waals surface area (Å²) < 4.78 is 20.4. The number of amides is 3. The first-order valence-corrected chi connectivity index (χ1v) is 15.9.